The highest BCUT2D eigenvalue weighted by Gasteiger charge is 2.29. The van der Waals surface area contributed by atoms with Crippen molar-refractivity contribution in [2.24, 2.45) is 0 Å². The zero-order valence-corrected chi connectivity index (χ0v) is 34.2. The highest BCUT2D eigenvalue weighted by Crippen LogP contribution is 2.34. The first-order valence-electron chi connectivity index (χ1n) is 19.7. The predicted molar refractivity (Wildman–Crippen MR) is 227 cm³/mol. The van der Waals surface area contributed by atoms with Crippen LogP contribution < -0.4 is 0 Å². The maximum atomic E-state index is 8.96. The van der Waals surface area contributed by atoms with E-state index in [-0.39, 0.29) is 6.29 Å². The number of rotatable bonds is 13. The van der Waals surface area contributed by atoms with Crippen molar-refractivity contribution in [2.75, 3.05) is 26.4 Å². The molecule has 6 N–H and O–H groups in total. The van der Waals surface area contributed by atoms with E-state index in [0.717, 1.165) is 26.1 Å². The van der Waals surface area contributed by atoms with E-state index in [0.29, 0.717) is 11.8 Å². The molecule has 8 heteroatoms. The molecule has 4 aromatic rings. The van der Waals surface area contributed by atoms with Crippen molar-refractivity contribution in [2.45, 2.75) is 104 Å². The molecule has 56 heavy (non-hydrogen) atoms. The number of aliphatic hydroxyl groups excluding tert-OH is 6. The number of hydrogen-bond acceptors (Lipinski definition) is 8. The van der Waals surface area contributed by atoms with Crippen LogP contribution in [0.2, 0.25) is 0 Å². The van der Waals surface area contributed by atoms with Gasteiger partial charge in [-0.25, -0.2) is 0 Å². The fraction of sp³-hybridized carbons (Fsp3) is 0.417. The molecule has 6 rings (SSSR count). The van der Waals surface area contributed by atoms with Gasteiger partial charge in [-0.1, -0.05) is 109 Å². The fourth-order valence-corrected chi connectivity index (χ4v) is 6.56. The number of benzene rings is 4. The quantitative estimate of drug-likeness (QED) is 0.0791. The summed E-state index contributed by atoms with van der Waals surface area (Å²) in [5.41, 5.74) is 14.1. The van der Waals surface area contributed by atoms with Gasteiger partial charge in [0.1, 0.15) is 24.4 Å². The molecule has 0 aliphatic heterocycles. The second-order valence-electron chi connectivity index (χ2n) is 14.4. The van der Waals surface area contributed by atoms with Crippen LogP contribution in [0, 0.1) is 27.7 Å². The van der Waals surface area contributed by atoms with Gasteiger partial charge in [0, 0.05) is 25.0 Å². The number of fused-ring (bicyclic) bond motifs is 2. The minimum absolute atomic E-state index is 0.0370. The van der Waals surface area contributed by atoms with E-state index in [2.05, 4.69) is 137 Å². The van der Waals surface area contributed by atoms with Gasteiger partial charge in [0.15, 0.2) is 6.29 Å². The van der Waals surface area contributed by atoms with Gasteiger partial charge >= 0.3 is 0 Å². The smallest absolute Gasteiger partial charge is 0.154 e. The van der Waals surface area contributed by atoms with E-state index in [1.165, 1.54) is 55.6 Å². The van der Waals surface area contributed by atoms with Crippen LogP contribution in [0.15, 0.2) is 97.1 Å². The Bertz CT molecular complexity index is 1690. The monoisotopic (exact) mass is 768 g/mol. The first-order valence-corrected chi connectivity index (χ1v) is 19.7. The predicted octanol–water partition coefficient (Wildman–Crippen LogP) is 7.13. The summed E-state index contributed by atoms with van der Waals surface area (Å²) in [5.74, 6) is 1.09. The molecule has 6 atom stereocenters. The lowest BCUT2D eigenvalue weighted by Crippen LogP contribution is -2.46. The molecule has 0 bridgehead atoms. The molecule has 0 saturated heterocycles. The number of allylic oxidation sites excluding steroid dienone is 2. The first kappa shape index (κ1) is 46.4. The SMILES string of the molecule is CCOC(C)OCC.Cc1ccc(CC2C=Cc3ccccc32)cc1C.Cc1ccc(CC2C=Cc3ccccc32)cc1C.OC[C@@H](O)[C@@H](O)[C@H](O)[C@@H](O)CO. The molecule has 8 nitrogen and oxygen atoms in total. The lowest BCUT2D eigenvalue weighted by molar-refractivity contribution is -0.123. The van der Waals surface area contributed by atoms with Crippen LogP contribution in [0.4, 0.5) is 0 Å². The van der Waals surface area contributed by atoms with Crippen LogP contribution in [-0.2, 0) is 22.3 Å². The van der Waals surface area contributed by atoms with Crippen LogP contribution in [0.1, 0.15) is 88.2 Å². The summed E-state index contributed by atoms with van der Waals surface area (Å²) in [6.45, 7) is 14.5. The topological polar surface area (TPSA) is 140 Å². The van der Waals surface area contributed by atoms with Crippen LogP contribution in [-0.4, -0.2) is 87.8 Å². The Morgan fingerprint density at radius 3 is 1.25 bits per heavy atom. The number of aliphatic hydroxyl groups is 6. The third-order valence-corrected chi connectivity index (χ3v) is 10.2. The highest BCUT2D eigenvalue weighted by atomic mass is 16.7. The third-order valence-electron chi connectivity index (χ3n) is 10.2. The standard InChI is InChI=1S/2C18H18.C6H14O6.C6H14O2/c2*1-13-7-8-15(11-14(13)2)12-17-10-9-16-5-3-4-6-18(16)17;7-1-3(9)5(11)6(12)4(10)2-8;1-4-7-6(3)8-5-2/h2*3-11,17H,12H2,1-2H3;3-12H,1-2H2;6H,4-5H2,1-3H3/t;;3-,4+,5-,6-;/m..1./s1. The highest BCUT2D eigenvalue weighted by molar-refractivity contribution is 5.63. The lowest BCUT2D eigenvalue weighted by atomic mass is 9.92. The van der Waals surface area contributed by atoms with E-state index in [1.54, 1.807) is 0 Å². The lowest BCUT2D eigenvalue weighted by Gasteiger charge is -2.24. The van der Waals surface area contributed by atoms with Crippen molar-refractivity contribution in [1.29, 1.82) is 0 Å². The van der Waals surface area contributed by atoms with Crippen LogP contribution in [0.3, 0.4) is 0 Å². The second-order valence-corrected chi connectivity index (χ2v) is 14.4. The van der Waals surface area contributed by atoms with Crippen molar-refractivity contribution >= 4 is 12.2 Å². The Morgan fingerprint density at radius 2 is 0.911 bits per heavy atom. The Morgan fingerprint density at radius 1 is 0.536 bits per heavy atom. The Balaban J connectivity index is 0.000000210. The van der Waals surface area contributed by atoms with Crippen molar-refractivity contribution in [3.63, 3.8) is 0 Å². The Labute approximate surface area is 334 Å². The van der Waals surface area contributed by atoms with Gasteiger partial charge in [-0.2, -0.15) is 0 Å². The molecular formula is C48H64O8. The minimum Gasteiger partial charge on any atom is -0.394 e. The van der Waals surface area contributed by atoms with Gasteiger partial charge in [-0.15, -0.1) is 0 Å². The average molecular weight is 769 g/mol. The van der Waals surface area contributed by atoms with Crippen LogP contribution in [0.25, 0.3) is 12.2 Å². The van der Waals surface area contributed by atoms with E-state index < -0.39 is 37.6 Å². The van der Waals surface area contributed by atoms with Crippen LogP contribution >= 0.6 is 0 Å². The Kier molecular flexibility index (Phi) is 19.9. The van der Waals surface area contributed by atoms with Crippen molar-refractivity contribution in [1.82, 2.24) is 0 Å². The van der Waals surface area contributed by atoms with Crippen molar-refractivity contribution in [3.8, 4) is 0 Å². The molecule has 0 aromatic heterocycles. The summed E-state index contributed by atoms with van der Waals surface area (Å²) < 4.78 is 10.1. The number of ether oxygens (including phenoxy) is 2. The summed E-state index contributed by atoms with van der Waals surface area (Å²) in [6, 6.07) is 31.0. The van der Waals surface area contributed by atoms with Gasteiger partial charge < -0.3 is 40.1 Å². The molecule has 0 radical (unpaired) electrons. The van der Waals surface area contributed by atoms with Crippen LogP contribution in [0.5, 0.6) is 0 Å². The zero-order valence-electron chi connectivity index (χ0n) is 34.2. The molecule has 0 heterocycles. The molecule has 0 fully saturated rings. The molecule has 2 aliphatic carbocycles. The van der Waals surface area contributed by atoms with Crippen molar-refractivity contribution < 1.29 is 40.1 Å². The Hall–Kier alpha value is -3.96. The molecule has 0 amide bonds. The van der Waals surface area contributed by atoms with Crippen molar-refractivity contribution in [3.05, 3.63) is 153 Å². The summed E-state index contributed by atoms with van der Waals surface area (Å²) in [4.78, 5) is 0. The largest absolute Gasteiger partial charge is 0.394 e. The molecule has 2 aliphatic rings. The van der Waals surface area contributed by atoms with E-state index in [9.17, 15) is 0 Å². The molecule has 304 valence electrons. The fourth-order valence-electron chi connectivity index (χ4n) is 6.56. The van der Waals surface area contributed by atoms with E-state index in [4.69, 9.17) is 40.1 Å². The summed E-state index contributed by atoms with van der Waals surface area (Å²) in [5, 5.41) is 52.2. The average Bonchev–Trinajstić information content (AvgIpc) is 3.81. The molecular weight excluding hydrogens is 705 g/mol. The normalized spacial score (nSPS) is 17.0. The molecule has 2 unspecified atom stereocenters. The van der Waals surface area contributed by atoms with Gasteiger partial charge in [0.2, 0.25) is 0 Å². The third kappa shape index (κ3) is 14.2. The van der Waals surface area contributed by atoms with Gasteiger partial charge in [-0.3, -0.25) is 0 Å². The number of aryl methyl sites for hydroxylation is 4. The van der Waals surface area contributed by atoms with Gasteiger partial charge in [0.05, 0.1) is 13.2 Å². The van der Waals surface area contributed by atoms with Gasteiger partial charge in [-0.05, 0) is 117 Å². The van der Waals surface area contributed by atoms with Gasteiger partial charge in [0.25, 0.3) is 0 Å². The maximum absolute atomic E-state index is 8.96. The zero-order chi connectivity index (χ0) is 41.2. The minimum atomic E-state index is -1.67. The summed E-state index contributed by atoms with van der Waals surface area (Å²) in [6.07, 6.45) is 4.95. The summed E-state index contributed by atoms with van der Waals surface area (Å²) >= 11 is 0. The summed E-state index contributed by atoms with van der Waals surface area (Å²) in [7, 11) is 0. The second kappa shape index (κ2) is 24.0. The van der Waals surface area contributed by atoms with E-state index in [1.807, 2.05) is 20.8 Å². The maximum Gasteiger partial charge on any atom is 0.154 e. The molecule has 0 saturated carbocycles. The molecule has 4 aromatic carbocycles. The van der Waals surface area contributed by atoms with E-state index >= 15 is 0 Å². The number of hydrogen-bond donors (Lipinski definition) is 6. The molecule has 0 spiro atoms. The first-order chi connectivity index (χ1) is 26.8.